The molecule has 1 unspecified atom stereocenters. The van der Waals surface area contributed by atoms with E-state index in [0.29, 0.717) is 34.3 Å². The minimum absolute atomic E-state index is 0.00904. The van der Waals surface area contributed by atoms with Crippen LogP contribution in [0, 0.1) is 17.2 Å². The first-order valence-electron chi connectivity index (χ1n) is 12.0. The van der Waals surface area contributed by atoms with Gasteiger partial charge in [-0.3, -0.25) is 9.36 Å². The molecule has 182 valence electrons. The smallest absolute Gasteiger partial charge is 0.262 e. The first-order chi connectivity index (χ1) is 17.0. The first kappa shape index (κ1) is 23.3. The molecule has 2 heterocycles. The largest absolute Gasteiger partial charge is 0.382 e. The molecule has 0 radical (unpaired) electrons. The normalized spacial score (nSPS) is 16.6. The van der Waals surface area contributed by atoms with Crippen molar-refractivity contribution in [2.45, 2.75) is 57.2 Å². The average Bonchev–Trinajstić information content (AvgIpc) is 3.62. The van der Waals surface area contributed by atoms with Gasteiger partial charge in [-0.1, -0.05) is 24.1 Å². The molecule has 2 fully saturated rings. The van der Waals surface area contributed by atoms with Crippen LogP contribution in [0.3, 0.4) is 0 Å². The number of halogens is 1. The number of fused-ring (bicyclic) bond motifs is 1. The monoisotopic (exact) mass is 493 g/mol. The van der Waals surface area contributed by atoms with Gasteiger partial charge < -0.3 is 22.1 Å². The molecule has 0 saturated heterocycles. The van der Waals surface area contributed by atoms with Crippen molar-refractivity contribution >= 4 is 40.1 Å². The second-order valence-corrected chi connectivity index (χ2v) is 9.67. The molecule has 11 heteroatoms. The SMILES string of the molecule is N#Cc1c(N)nc(N)nc1NC(c1nc2cccc(Cl)c2c(=O)n1CCCNC1CCC1)C1CC1. The Morgan fingerprint density at radius 2 is 2.00 bits per heavy atom. The highest BCUT2D eigenvalue weighted by molar-refractivity contribution is 6.35. The van der Waals surface area contributed by atoms with Gasteiger partial charge in [-0.2, -0.15) is 15.2 Å². The molecule has 2 aliphatic rings. The number of aromatic nitrogens is 4. The third-order valence-corrected chi connectivity index (χ3v) is 7.10. The van der Waals surface area contributed by atoms with E-state index in [-0.39, 0.29) is 40.7 Å². The molecule has 0 aliphatic heterocycles. The second-order valence-electron chi connectivity index (χ2n) is 9.26. The topological polar surface area (TPSA) is 161 Å². The molecular weight excluding hydrogens is 466 g/mol. The molecule has 0 spiro atoms. The summed E-state index contributed by atoms with van der Waals surface area (Å²) < 4.78 is 1.71. The highest BCUT2D eigenvalue weighted by Gasteiger charge is 2.37. The molecule has 10 nitrogen and oxygen atoms in total. The van der Waals surface area contributed by atoms with Gasteiger partial charge in [0.25, 0.3) is 5.56 Å². The van der Waals surface area contributed by atoms with E-state index in [1.807, 2.05) is 0 Å². The summed E-state index contributed by atoms with van der Waals surface area (Å²) in [5.74, 6) is 1.04. The third-order valence-electron chi connectivity index (χ3n) is 6.79. The van der Waals surface area contributed by atoms with Crippen LogP contribution in [0.4, 0.5) is 17.6 Å². The van der Waals surface area contributed by atoms with Gasteiger partial charge in [0.15, 0.2) is 5.82 Å². The molecule has 1 aromatic carbocycles. The maximum absolute atomic E-state index is 13.7. The van der Waals surface area contributed by atoms with Crippen LogP contribution in [0.1, 0.15) is 56.0 Å². The predicted molar refractivity (Wildman–Crippen MR) is 136 cm³/mol. The highest BCUT2D eigenvalue weighted by Crippen LogP contribution is 2.43. The summed E-state index contributed by atoms with van der Waals surface area (Å²) in [5, 5.41) is 17.3. The summed E-state index contributed by atoms with van der Waals surface area (Å²) in [6.07, 6.45) is 6.38. The van der Waals surface area contributed by atoms with Crippen LogP contribution >= 0.6 is 11.6 Å². The molecule has 6 N–H and O–H groups in total. The van der Waals surface area contributed by atoms with Crippen LogP contribution in [0.2, 0.25) is 5.02 Å². The van der Waals surface area contributed by atoms with E-state index in [9.17, 15) is 10.1 Å². The van der Waals surface area contributed by atoms with Gasteiger partial charge in [0.1, 0.15) is 23.3 Å². The van der Waals surface area contributed by atoms with Crippen molar-refractivity contribution < 1.29 is 0 Å². The van der Waals surface area contributed by atoms with Crippen molar-refractivity contribution in [2.24, 2.45) is 5.92 Å². The lowest BCUT2D eigenvalue weighted by molar-refractivity contribution is 0.335. The van der Waals surface area contributed by atoms with Crippen molar-refractivity contribution in [3.05, 3.63) is 45.0 Å². The first-order valence-corrected chi connectivity index (χ1v) is 12.4. The van der Waals surface area contributed by atoms with E-state index in [2.05, 4.69) is 26.7 Å². The van der Waals surface area contributed by atoms with Crippen LogP contribution in [0.25, 0.3) is 10.9 Å². The Morgan fingerprint density at radius 1 is 1.20 bits per heavy atom. The lowest BCUT2D eigenvalue weighted by Crippen LogP contribution is -2.37. The maximum Gasteiger partial charge on any atom is 0.262 e. The Morgan fingerprint density at radius 3 is 2.69 bits per heavy atom. The molecule has 1 atom stereocenters. The molecule has 0 bridgehead atoms. The molecule has 35 heavy (non-hydrogen) atoms. The number of nitrogens with zero attached hydrogens (tertiary/aromatic N) is 5. The van der Waals surface area contributed by atoms with Gasteiger partial charge in [0.2, 0.25) is 5.95 Å². The zero-order chi connectivity index (χ0) is 24.5. The number of hydrogen-bond acceptors (Lipinski definition) is 9. The third kappa shape index (κ3) is 4.74. The number of benzene rings is 1. The maximum atomic E-state index is 13.7. The molecule has 2 saturated carbocycles. The van der Waals surface area contributed by atoms with E-state index in [4.69, 9.17) is 28.1 Å². The van der Waals surface area contributed by atoms with Crippen molar-refractivity contribution in [2.75, 3.05) is 23.3 Å². The predicted octanol–water partition coefficient (Wildman–Crippen LogP) is 2.97. The lowest BCUT2D eigenvalue weighted by Gasteiger charge is -2.27. The van der Waals surface area contributed by atoms with Crippen LogP contribution in [-0.4, -0.2) is 32.1 Å². The Balaban J connectivity index is 1.55. The minimum atomic E-state index is -0.355. The number of nitrogens with two attached hydrogens (primary N) is 2. The zero-order valence-electron chi connectivity index (χ0n) is 19.3. The van der Waals surface area contributed by atoms with Crippen LogP contribution in [-0.2, 0) is 6.54 Å². The number of nitriles is 1. The van der Waals surface area contributed by atoms with E-state index >= 15 is 0 Å². The van der Waals surface area contributed by atoms with E-state index in [1.54, 1.807) is 22.8 Å². The van der Waals surface area contributed by atoms with Gasteiger partial charge in [-0.25, -0.2) is 4.98 Å². The van der Waals surface area contributed by atoms with Gasteiger partial charge in [0, 0.05) is 12.6 Å². The Kier molecular flexibility index (Phi) is 6.45. The fourth-order valence-electron chi connectivity index (χ4n) is 4.53. The highest BCUT2D eigenvalue weighted by atomic mass is 35.5. The van der Waals surface area contributed by atoms with Crippen LogP contribution in [0.5, 0.6) is 0 Å². The number of hydrogen-bond donors (Lipinski definition) is 4. The van der Waals surface area contributed by atoms with E-state index in [0.717, 1.165) is 25.8 Å². The fraction of sp³-hybridized carbons (Fsp3) is 0.458. The number of nitrogens with one attached hydrogen (secondary N) is 2. The molecule has 5 rings (SSSR count). The molecule has 2 aliphatic carbocycles. The lowest BCUT2D eigenvalue weighted by atomic mass is 9.93. The van der Waals surface area contributed by atoms with Crippen molar-refractivity contribution in [1.29, 1.82) is 5.26 Å². The number of nitrogen functional groups attached to an aromatic ring is 2. The van der Waals surface area contributed by atoms with Gasteiger partial charge in [-0.05, 0) is 56.7 Å². The van der Waals surface area contributed by atoms with Gasteiger partial charge in [0.05, 0.1) is 22.0 Å². The number of rotatable bonds is 9. The Hall–Kier alpha value is -3.42. The molecular formula is C24H28ClN9O. The molecule has 3 aromatic rings. The van der Waals surface area contributed by atoms with Gasteiger partial charge >= 0.3 is 0 Å². The standard InChI is InChI=1S/C24H28ClN9O/c25-16-6-2-7-17-18(16)23(35)34(11-3-10-29-14-4-1-5-14)22(30-17)19(13-8-9-13)31-21-15(12-26)20(27)32-24(28)33-21/h2,6-7,13-14,19,29H,1,3-5,8-11H2,(H5,27,28,31,32,33). The summed E-state index contributed by atoms with van der Waals surface area (Å²) in [7, 11) is 0. The van der Waals surface area contributed by atoms with Crippen LogP contribution in [0.15, 0.2) is 23.0 Å². The summed E-state index contributed by atoms with van der Waals surface area (Å²) in [4.78, 5) is 26.7. The molecule has 0 amide bonds. The van der Waals surface area contributed by atoms with Crippen molar-refractivity contribution in [3.8, 4) is 6.07 Å². The second kappa shape index (κ2) is 9.68. The zero-order valence-corrected chi connectivity index (χ0v) is 20.1. The van der Waals surface area contributed by atoms with Crippen molar-refractivity contribution in [1.82, 2.24) is 24.8 Å². The summed E-state index contributed by atoms with van der Waals surface area (Å²) >= 11 is 6.41. The van der Waals surface area contributed by atoms with E-state index in [1.165, 1.54) is 19.3 Å². The summed E-state index contributed by atoms with van der Waals surface area (Å²) in [5.41, 5.74) is 12.2. The van der Waals surface area contributed by atoms with E-state index < -0.39 is 0 Å². The Bertz CT molecular complexity index is 1360. The summed E-state index contributed by atoms with van der Waals surface area (Å²) in [6, 6.07) is 7.56. The fourth-order valence-corrected chi connectivity index (χ4v) is 4.78. The Labute approximate surface area is 207 Å². The van der Waals surface area contributed by atoms with Gasteiger partial charge in [-0.15, -0.1) is 0 Å². The van der Waals surface area contributed by atoms with Crippen LogP contribution < -0.4 is 27.7 Å². The minimum Gasteiger partial charge on any atom is -0.382 e. The quantitative estimate of drug-likeness (QED) is 0.328. The molecule has 2 aromatic heterocycles. The number of anilines is 3. The average molecular weight is 494 g/mol. The summed E-state index contributed by atoms with van der Waals surface area (Å²) in [6.45, 7) is 1.31. The van der Waals surface area contributed by atoms with Crippen molar-refractivity contribution in [3.63, 3.8) is 0 Å².